The van der Waals surface area contributed by atoms with Gasteiger partial charge >= 0.3 is 0 Å². The zero-order valence-corrected chi connectivity index (χ0v) is 20.5. The molecule has 0 aromatic heterocycles. The second-order valence-electron chi connectivity index (χ2n) is 7.62. The Hall–Kier alpha value is -0.160. The summed E-state index contributed by atoms with van der Waals surface area (Å²) >= 11 is 0. The summed E-state index contributed by atoms with van der Waals surface area (Å²) in [4.78, 5) is 9.86. The van der Waals surface area contributed by atoms with Crippen molar-refractivity contribution in [2.24, 2.45) is 10.9 Å². The highest BCUT2D eigenvalue weighted by atomic mass is 127. The molecule has 0 aromatic carbocycles. The summed E-state index contributed by atoms with van der Waals surface area (Å²) in [6.45, 7) is 18.4. The summed E-state index contributed by atoms with van der Waals surface area (Å²) in [6.07, 6.45) is 2.13. The van der Waals surface area contributed by atoms with E-state index in [2.05, 4.69) is 41.2 Å². The van der Waals surface area contributed by atoms with Gasteiger partial charge in [-0.3, -0.25) is 9.89 Å². The monoisotopic (exact) mass is 511 g/mol. The van der Waals surface area contributed by atoms with E-state index in [1.54, 1.807) is 0 Å². The number of rotatable bonds is 11. The molecule has 0 aliphatic carbocycles. The average Bonchev–Trinajstić information content (AvgIpc) is 3.22. The summed E-state index contributed by atoms with van der Waals surface area (Å²) in [7, 11) is 0. The fourth-order valence-electron chi connectivity index (χ4n) is 3.55. The molecule has 2 saturated heterocycles. The van der Waals surface area contributed by atoms with Crippen LogP contribution in [0, 0.1) is 5.92 Å². The van der Waals surface area contributed by atoms with E-state index in [-0.39, 0.29) is 24.0 Å². The Labute approximate surface area is 189 Å². The number of piperazine rings is 1. The van der Waals surface area contributed by atoms with E-state index in [9.17, 15) is 0 Å². The molecule has 0 radical (unpaired) electrons. The maximum Gasteiger partial charge on any atom is 0.191 e. The molecule has 2 aliphatic rings. The SMILES string of the molecule is CCNC(=NCC(C)N1CCN(CC)CC1)NCCCOCC1CCOC1.I. The Bertz CT molecular complexity index is 413. The van der Waals surface area contributed by atoms with E-state index in [0.29, 0.717) is 12.0 Å². The molecule has 0 aromatic rings. The zero-order chi connectivity index (χ0) is 19.3. The van der Waals surface area contributed by atoms with Crippen molar-refractivity contribution in [3.63, 3.8) is 0 Å². The van der Waals surface area contributed by atoms with Crippen LogP contribution in [0.25, 0.3) is 0 Å². The number of guanidine groups is 1. The van der Waals surface area contributed by atoms with Crippen molar-refractivity contribution in [1.29, 1.82) is 0 Å². The van der Waals surface area contributed by atoms with Crippen molar-refractivity contribution >= 4 is 29.9 Å². The lowest BCUT2D eigenvalue weighted by atomic mass is 10.1. The molecule has 2 heterocycles. The third kappa shape index (κ3) is 10.0. The normalized spacial score (nSPS) is 22.7. The van der Waals surface area contributed by atoms with E-state index >= 15 is 0 Å². The first-order chi connectivity index (χ1) is 13.2. The van der Waals surface area contributed by atoms with Gasteiger partial charge in [-0.1, -0.05) is 6.92 Å². The number of ether oxygens (including phenoxy) is 2. The highest BCUT2D eigenvalue weighted by Crippen LogP contribution is 2.12. The molecule has 0 saturated carbocycles. The van der Waals surface area contributed by atoms with Gasteiger partial charge in [0.05, 0.1) is 19.8 Å². The van der Waals surface area contributed by atoms with Gasteiger partial charge in [-0.15, -0.1) is 24.0 Å². The van der Waals surface area contributed by atoms with Gasteiger partial charge in [0.15, 0.2) is 5.96 Å². The Morgan fingerprint density at radius 1 is 1.21 bits per heavy atom. The van der Waals surface area contributed by atoms with Crippen LogP contribution in [0.15, 0.2) is 4.99 Å². The minimum Gasteiger partial charge on any atom is -0.381 e. The molecule has 2 unspecified atom stereocenters. The van der Waals surface area contributed by atoms with E-state index in [4.69, 9.17) is 14.5 Å². The summed E-state index contributed by atoms with van der Waals surface area (Å²) in [5.74, 6) is 1.51. The van der Waals surface area contributed by atoms with Gasteiger partial charge in [-0.05, 0) is 33.2 Å². The highest BCUT2D eigenvalue weighted by Gasteiger charge is 2.20. The predicted octanol–water partition coefficient (Wildman–Crippen LogP) is 1.63. The second kappa shape index (κ2) is 15.6. The maximum atomic E-state index is 5.76. The van der Waals surface area contributed by atoms with E-state index < -0.39 is 0 Å². The summed E-state index contributed by atoms with van der Waals surface area (Å²) < 4.78 is 11.1. The number of aliphatic imine (C=N–C) groups is 1. The molecule has 28 heavy (non-hydrogen) atoms. The number of likely N-dealkylation sites (N-methyl/N-ethyl adjacent to an activating group) is 1. The quantitative estimate of drug-likeness (QED) is 0.190. The van der Waals surface area contributed by atoms with Crippen molar-refractivity contribution in [3.8, 4) is 0 Å². The van der Waals surface area contributed by atoms with Crippen LogP contribution in [0.1, 0.15) is 33.6 Å². The number of nitrogens with one attached hydrogen (secondary N) is 2. The van der Waals surface area contributed by atoms with Crippen LogP contribution >= 0.6 is 24.0 Å². The third-order valence-electron chi connectivity index (χ3n) is 5.47. The molecule has 2 atom stereocenters. The Balaban J connectivity index is 0.00000392. The molecular weight excluding hydrogens is 469 g/mol. The lowest BCUT2D eigenvalue weighted by Gasteiger charge is -2.37. The van der Waals surface area contributed by atoms with Crippen LogP contribution < -0.4 is 10.6 Å². The van der Waals surface area contributed by atoms with Crippen molar-refractivity contribution in [1.82, 2.24) is 20.4 Å². The summed E-state index contributed by atoms with van der Waals surface area (Å²) in [6, 6.07) is 0.483. The number of hydrogen-bond acceptors (Lipinski definition) is 5. The van der Waals surface area contributed by atoms with Gasteiger partial charge in [0.1, 0.15) is 0 Å². The topological polar surface area (TPSA) is 61.4 Å². The Morgan fingerprint density at radius 2 is 2.00 bits per heavy atom. The zero-order valence-electron chi connectivity index (χ0n) is 18.1. The number of hydrogen-bond donors (Lipinski definition) is 2. The van der Waals surface area contributed by atoms with Crippen LogP contribution in [0.4, 0.5) is 0 Å². The molecule has 7 nitrogen and oxygen atoms in total. The van der Waals surface area contributed by atoms with Gasteiger partial charge in [0.2, 0.25) is 0 Å². The smallest absolute Gasteiger partial charge is 0.191 e. The molecule has 8 heteroatoms. The minimum atomic E-state index is 0. The first kappa shape index (κ1) is 25.9. The summed E-state index contributed by atoms with van der Waals surface area (Å²) in [5.41, 5.74) is 0. The van der Waals surface area contributed by atoms with Gasteiger partial charge in [-0.25, -0.2) is 0 Å². The first-order valence-electron chi connectivity index (χ1n) is 10.9. The van der Waals surface area contributed by atoms with Crippen molar-refractivity contribution in [2.75, 3.05) is 78.8 Å². The number of nitrogens with zero attached hydrogens (tertiary/aromatic N) is 3. The molecule has 2 N–H and O–H groups in total. The lowest BCUT2D eigenvalue weighted by molar-refractivity contribution is 0.0888. The molecule has 0 spiro atoms. The van der Waals surface area contributed by atoms with Crippen molar-refractivity contribution < 1.29 is 9.47 Å². The fourth-order valence-corrected chi connectivity index (χ4v) is 3.55. The molecule has 0 bridgehead atoms. The van der Waals surface area contributed by atoms with Crippen molar-refractivity contribution in [3.05, 3.63) is 0 Å². The van der Waals surface area contributed by atoms with Crippen LogP contribution in [-0.2, 0) is 9.47 Å². The molecule has 0 amide bonds. The summed E-state index contributed by atoms with van der Waals surface area (Å²) in [5, 5.41) is 6.78. The van der Waals surface area contributed by atoms with Crippen LogP contribution in [0.5, 0.6) is 0 Å². The maximum absolute atomic E-state index is 5.76. The Morgan fingerprint density at radius 3 is 2.64 bits per heavy atom. The highest BCUT2D eigenvalue weighted by molar-refractivity contribution is 14.0. The average molecular weight is 511 g/mol. The second-order valence-corrected chi connectivity index (χ2v) is 7.62. The molecule has 2 aliphatic heterocycles. The van der Waals surface area contributed by atoms with Crippen LogP contribution in [0.3, 0.4) is 0 Å². The minimum absolute atomic E-state index is 0. The van der Waals surface area contributed by atoms with Crippen LogP contribution in [0.2, 0.25) is 0 Å². The molecule has 166 valence electrons. The van der Waals surface area contributed by atoms with Crippen molar-refractivity contribution in [2.45, 2.75) is 39.7 Å². The Kier molecular flexibility index (Phi) is 14.5. The van der Waals surface area contributed by atoms with Gasteiger partial charge in [0, 0.05) is 64.4 Å². The molecule has 2 rings (SSSR count). The van der Waals surface area contributed by atoms with Gasteiger partial charge in [0.25, 0.3) is 0 Å². The van der Waals surface area contributed by atoms with Crippen LogP contribution in [-0.4, -0.2) is 101 Å². The molecule has 2 fully saturated rings. The largest absolute Gasteiger partial charge is 0.381 e. The standard InChI is InChI=1S/C20H41N5O2.HI/c1-4-21-20(22-8-6-13-26-16-19-7-14-27-17-19)23-15-18(3)25-11-9-24(5-2)10-12-25;/h18-19H,4-17H2,1-3H3,(H2,21,22,23);1H. The van der Waals surface area contributed by atoms with E-state index in [0.717, 1.165) is 84.5 Å². The van der Waals surface area contributed by atoms with Gasteiger partial charge < -0.3 is 25.0 Å². The van der Waals surface area contributed by atoms with Gasteiger partial charge in [-0.2, -0.15) is 0 Å². The third-order valence-corrected chi connectivity index (χ3v) is 5.47. The lowest BCUT2D eigenvalue weighted by Crippen LogP contribution is -2.50. The van der Waals surface area contributed by atoms with E-state index in [1.807, 2.05) is 0 Å². The fraction of sp³-hybridized carbons (Fsp3) is 0.950. The first-order valence-corrected chi connectivity index (χ1v) is 10.9. The number of halogens is 1. The predicted molar refractivity (Wildman–Crippen MR) is 127 cm³/mol. The molecular formula is C20H42IN5O2. The van der Waals surface area contributed by atoms with E-state index in [1.165, 1.54) is 13.1 Å².